The molecule has 0 saturated heterocycles. The second-order valence-corrected chi connectivity index (χ2v) is 13.8. The lowest BCUT2D eigenvalue weighted by molar-refractivity contribution is -0.383. The Hall–Kier alpha value is -10.1. The number of nitro groups is 1. The third kappa shape index (κ3) is 14.2. The molecule has 4 aromatic rings. The van der Waals surface area contributed by atoms with Gasteiger partial charge in [0.1, 0.15) is 11.8 Å². The lowest BCUT2D eigenvalue weighted by atomic mass is 10.1. The number of non-ortho nitro benzene ring substituents is 1. The molecule has 1 aromatic heterocycles. The minimum absolute atomic E-state index is 0.0639. The second kappa shape index (κ2) is 23.2. The van der Waals surface area contributed by atoms with Gasteiger partial charge in [-0.1, -0.05) is 42.5 Å². The highest BCUT2D eigenvalue weighted by molar-refractivity contribution is 6.00. The third-order valence-electron chi connectivity index (χ3n) is 8.85. The lowest BCUT2D eigenvalue weighted by Crippen LogP contribution is -2.58. The number of aromatic nitrogens is 2. The van der Waals surface area contributed by atoms with Crippen LogP contribution in [0.2, 0.25) is 0 Å². The molecule has 0 fully saturated rings. The number of amides is 6. The number of nitrogens with two attached hydrogens (primary N) is 9. The Balaban J connectivity index is 1.66. The van der Waals surface area contributed by atoms with Crippen LogP contribution in [-0.2, 0) is 35.3 Å². The number of methoxy groups -OCH3 is 1. The summed E-state index contributed by atoms with van der Waals surface area (Å²) in [6, 6.07) is 14.2. The minimum Gasteiger partial charge on any atom is -0.497 e. The summed E-state index contributed by atoms with van der Waals surface area (Å²) in [6.07, 6.45) is -10.5. The molecule has 6 unspecified atom stereocenters. The maximum Gasteiger partial charge on any atom is 0.300 e. The van der Waals surface area contributed by atoms with Crippen molar-refractivity contribution in [3.63, 3.8) is 0 Å². The van der Waals surface area contributed by atoms with E-state index in [-0.39, 0.29) is 28.8 Å². The molecule has 6 atom stereocenters. The van der Waals surface area contributed by atoms with Crippen molar-refractivity contribution in [2.75, 3.05) is 12.0 Å². The SMILES string of the molecule is COc1ccc(CN(c2ccc([N+](=O)[O-])c3nonc23)C(O)C(=O)NC(C(=O)NC(N=C(N)N)C(=O)NC(N=C(N)N)C(=O)NC(N=C(N)N)C(=O)NC(N=C(N)N)C(N)=O)c2ccccc2)cc1. The largest absolute Gasteiger partial charge is 0.497 e. The minimum atomic E-state index is -2.21. The van der Waals surface area contributed by atoms with Gasteiger partial charge in [0.25, 0.3) is 29.5 Å². The summed E-state index contributed by atoms with van der Waals surface area (Å²) >= 11 is 0. The van der Waals surface area contributed by atoms with Gasteiger partial charge in [-0.2, -0.15) is 0 Å². The van der Waals surface area contributed by atoms with E-state index in [9.17, 15) is 44.0 Å². The van der Waals surface area contributed by atoms with Crippen molar-refractivity contribution >= 4 is 81.7 Å². The first-order valence-electron chi connectivity index (χ1n) is 19.3. The summed E-state index contributed by atoms with van der Waals surface area (Å²) in [4.78, 5) is 107. The van der Waals surface area contributed by atoms with Crippen LogP contribution in [0.5, 0.6) is 5.75 Å². The van der Waals surface area contributed by atoms with Gasteiger partial charge in [0.15, 0.2) is 29.4 Å². The number of carbonyl (C=O) groups is 6. The first-order valence-corrected chi connectivity index (χ1v) is 19.3. The van der Waals surface area contributed by atoms with E-state index in [4.69, 9.17) is 61.0 Å². The highest BCUT2D eigenvalue weighted by Gasteiger charge is 2.36. The molecule has 3 aromatic carbocycles. The van der Waals surface area contributed by atoms with Crippen LogP contribution in [0.1, 0.15) is 17.2 Å². The van der Waals surface area contributed by atoms with Crippen molar-refractivity contribution in [1.29, 1.82) is 0 Å². The molecule has 0 aliphatic rings. The normalized spacial score (nSPS) is 13.2. The van der Waals surface area contributed by atoms with E-state index in [2.05, 4.69) is 46.2 Å². The van der Waals surface area contributed by atoms with Crippen LogP contribution < -0.4 is 87.8 Å². The van der Waals surface area contributed by atoms with Crippen molar-refractivity contribution in [3.05, 3.63) is 88.0 Å². The molecule has 4 rings (SSSR count). The molecule has 0 saturated carbocycles. The first-order chi connectivity index (χ1) is 32.6. The van der Waals surface area contributed by atoms with Crippen molar-refractivity contribution in [2.45, 2.75) is 43.5 Å². The summed E-state index contributed by atoms with van der Waals surface area (Å²) < 4.78 is 10.0. The number of fused-ring (bicyclic) bond motifs is 1. The molecule has 0 radical (unpaired) electrons. The summed E-state index contributed by atoms with van der Waals surface area (Å²) in [7, 11) is 1.44. The van der Waals surface area contributed by atoms with Gasteiger partial charge in [-0.3, -0.25) is 38.9 Å². The Morgan fingerprint density at radius 2 is 1.12 bits per heavy atom. The van der Waals surface area contributed by atoms with Crippen LogP contribution in [0.25, 0.3) is 11.0 Å². The molecular formula is C36H46N22O11. The number of hydrogen-bond acceptors (Lipinski definition) is 18. The smallest absolute Gasteiger partial charge is 0.300 e. The maximum atomic E-state index is 14.2. The summed E-state index contributed by atoms with van der Waals surface area (Å²) in [5.74, 6) is -10.4. The Morgan fingerprint density at radius 1 is 0.652 bits per heavy atom. The number of ether oxygens (including phenoxy) is 1. The van der Waals surface area contributed by atoms with Crippen LogP contribution in [0.3, 0.4) is 0 Å². The van der Waals surface area contributed by atoms with Gasteiger partial charge >= 0.3 is 5.69 Å². The van der Waals surface area contributed by atoms with E-state index >= 15 is 0 Å². The molecule has 6 amide bonds. The first kappa shape index (κ1) is 51.6. The van der Waals surface area contributed by atoms with E-state index in [1.54, 1.807) is 30.3 Å². The van der Waals surface area contributed by atoms with E-state index in [1.165, 1.54) is 37.4 Å². The number of hydrogen-bond donors (Lipinski definition) is 15. The topological polar surface area (TPSA) is 561 Å². The van der Waals surface area contributed by atoms with Crippen molar-refractivity contribution < 1.29 is 48.2 Å². The number of aliphatic imine (C=N–C) groups is 4. The number of nitro benzene ring substituents is 1. The van der Waals surface area contributed by atoms with Gasteiger partial charge in [-0.05, 0) is 39.6 Å². The number of primary amides is 1. The van der Waals surface area contributed by atoms with Gasteiger partial charge in [-0.15, -0.1) is 0 Å². The second-order valence-electron chi connectivity index (χ2n) is 13.8. The third-order valence-corrected chi connectivity index (χ3v) is 8.85. The van der Waals surface area contributed by atoms with E-state index in [1.807, 2.05) is 10.6 Å². The summed E-state index contributed by atoms with van der Waals surface area (Å²) in [5.41, 5.74) is 48.2. The van der Waals surface area contributed by atoms with Gasteiger partial charge in [-0.25, -0.2) is 24.6 Å². The fourth-order valence-electron chi connectivity index (χ4n) is 5.85. The molecule has 33 nitrogen and oxygen atoms in total. The molecule has 0 bridgehead atoms. The zero-order chi connectivity index (χ0) is 51.1. The van der Waals surface area contributed by atoms with Gasteiger partial charge in [0, 0.05) is 12.6 Å². The zero-order valence-electron chi connectivity index (χ0n) is 35.8. The van der Waals surface area contributed by atoms with Crippen LogP contribution in [0, 0.1) is 10.1 Å². The van der Waals surface area contributed by atoms with Crippen molar-refractivity contribution in [3.8, 4) is 5.75 Å². The fraction of sp³-hybridized carbons (Fsp3) is 0.222. The van der Waals surface area contributed by atoms with Crippen molar-refractivity contribution in [2.24, 2.45) is 71.6 Å². The zero-order valence-corrected chi connectivity index (χ0v) is 35.8. The summed E-state index contributed by atoms with van der Waals surface area (Å²) in [6.45, 7) is -0.263. The Kier molecular flexibility index (Phi) is 17.3. The fourth-order valence-corrected chi connectivity index (χ4v) is 5.85. The average molecular weight is 963 g/mol. The van der Waals surface area contributed by atoms with Crippen LogP contribution in [-0.4, -0.2) is 118 Å². The molecular weight excluding hydrogens is 917 g/mol. The maximum absolute atomic E-state index is 14.2. The number of rotatable bonds is 22. The van der Waals surface area contributed by atoms with Gasteiger partial charge in [0.2, 0.25) is 42.3 Å². The molecule has 0 aliphatic carbocycles. The van der Waals surface area contributed by atoms with Crippen LogP contribution >= 0.6 is 0 Å². The molecule has 33 heteroatoms. The molecule has 0 aliphatic heterocycles. The highest BCUT2D eigenvalue weighted by atomic mass is 16.6. The van der Waals surface area contributed by atoms with Crippen molar-refractivity contribution in [1.82, 2.24) is 36.9 Å². The Morgan fingerprint density at radius 3 is 1.58 bits per heavy atom. The van der Waals surface area contributed by atoms with Crippen LogP contribution in [0.15, 0.2) is 91.3 Å². The standard InChI is InChI=1S/C36H46N22O11/c1-68-16-9-7-14(8-10-16)13-57(17-11-12-18(58(66)67)21-20(17)55-69-56-21)32(65)31(64)46-19(15-5-3-2-4-6-15)27(60)48-24(52-34(40)41)29(62)50-26(54-36(44)45)30(63)49-25(53-35(42)43)28(61)47-23(22(37)59)51-33(38)39/h2-12,19,23-26,32,65H,13H2,1H3,(H2,37,59)(H,46,64)(H,47,61)(H,48,60)(H,49,63)(H,50,62)(H4,38,39,51)(H4,40,41,52)(H4,42,43,53)(H4,44,45,54). The molecule has 1 heterocycles. The quantitative estimate of drug-likeness (QED) is 0.0114. The highest BCUT2D eigenvalue weighted by Crippen LogP contribution is 2.33. The number of anilines is 1. The summed E-state index contributed by atoms with van der Waals surface area (Å²) in [5, 5.41) is 41.6. The number of carbonyl (C=O) groups excluding carboxylic acids is 6. The Bertz CT molecular complexity index is 2660. The van der Waals surface area contributed by atoms with E-state index in [0.29, 0.717) is 11.3 Å². The lowest BCUT2D eigenvalue weighted by Gasteiger charge is -2.30. The molecule has 366 valence electrons. The molecule has 0 spiro atoms. The predicted octanol–water partition coefficient (Wildman–Crippen LogP) is -7.33. The predicted molar refractivity (Wildman–Crippen MR) is 241 cm³/mol. The van der Waals surface area contributed by atoms with E-state index in [0.717, 1.165) is 11.0 Å². The average Bonchev–Trinajstić information content (AvgIpc) is 3.78. The number of aliphatic hydroxyl groups excluding tert-OH is 1. The molecule has 69 heavy (non-hydrogen) atoms. The number of nitrogens with one attached hydrogen (secondary N) is 5. The number of benzene rings is 3. The van der Waals surface area contributed by atoms with E-state index < -0.39 is 107 Å². The van der Waals surface area contributed by atoms with Gasteiger partial charge in [0.05, 0.1) is 17.7 Å². The van der Waals surface area contributed by atoms with Gasteiger partial charge < -0.3 is 92.9 Å². The van der Waals surface area contributed by atoms with Crippen LogP contribution in [0.4, 0.5) is 11.4 Å². The number of nitrogens with zero attached hydrogens (tertiary/aromatic N) is 8. The monoisotopic (exact) mass is 962 g/mol. The number of guanidine groups is 4. The molecule has 24 N–H and O–H groups in total. The Labute approximate surface area is 387 Å². The number of aliphatic hydroxyl groups is 1.